The lowest BCUT2D eigenvalue weighted by atomic mass is 10.1. The minimum absolute atomic E-state index is 0.0635. The molecule has 1 aliphatic heterocycles. The zero-order valence-corrected chi connectivity index (χ0v) is 18.5. The van der Waals surface area contributed by atoms with Gasteiger partial charge in [-0.15, -0.1) is 0 Å². The van der Waals surface area contributed by atoms with Crippen molar-refractivity contribution in [1.82, 2.24) is 0 Å². The lowest BCUT2D eigenvalue weighted by Gasteiger charge is -2.16. The maximum absolute atomic E-state index is 13.4. The predicted molar refractivity (Wildman–Crippen MR) is 120 cm³/mol. The molecule has 0 aliphatic carbocycles. The number of carbonyl (C=O) groups is 1. The molecule has 1 saturated heterocycles. The number of carbonyl (C=O) groups excluding carboxylic acids is 1. The van der Waals surface area contributed by atoms with E-state index in [0.717, 1.165) is 12.0 Å². The summed E-state index contributed by atoms with van der Waals surface area (Å²) in [6, 6.07) is 9.53. The molecule has 0 saturated carbocycles. The number of hydrogen-bond acceptors (Lipinski definition) is 5. The summed E-state index contributed by atoms with van der Waals surface area (Å²) >= 11 is 12.4. The van der Waals surface area contributed by atoms with Crippen molar-refractivity contribution < 1.29 is 18.7 Å². The van der Waals surface area contributed by atoms with E-state index in [-0.39, 0.29) is 17.0 Å². The number of amides is 1. The van der Waals surface area contributed by atoms with Gasteiger partial charge >= 0.3 is 0 Å². The molecule has 1 amide bonds. The number of halogens is 2. The largest absolute Gasteiger partial charge is 0.493 e. The summed E-state index contributed by atoms with van der Waals surface area (Å²) in [5.74, 6) is 0.386. The fourth-order valence-corrected chi connectivity index (χ4v) is 4.11. The first kappa shape index (κ1) is 21.6. The van der Waals surface area contributed by atoms with E-state index in [9.17, 15) is 9.18 Å². The molecule has 1 heterocycles. The predicted octanol–water partition coefficient (Wildman–Crippen LogP) is 6.07. The molecule has 0 N–H and O–H groups in total. The highest BCUT2D eigenvalue weighted by molar-refractivity contribution is 8.27. The van der Waals surface area contributed by atoms with Gasteiger partial charge in [-0.3, -0.25) is 9.69 Å². The van der Waals surface area contributed by atoms with Crippen molar-refractivity contribution >= 4 is 57.6 Å². The van der Waals surface area contributed by atoms with Gasteiger partial charge in [0.05, 0.1) is 28.8 Å². The number of rotatable bonds is 6. The van der Waals surface area contributed by atoms with Crippen LogP contribution in [0.5, 0.6) is 11.5 Å². The summed E-state index contributed by atoms with van der Waals surface area (Å²) in [4.78, 5) is 14.7. The molecule has 4 nitrogen and oxygen atoms in total. The van der Waals surface area contributed by atoms with Crippen LogP contribution in [0.1, 0.15) is 25.8 Å². The van der Waals surface area contributed by atoms with Gasteiger partial charge < -0.3 is 9.47 Å². The first-order valence-electron chi connectivity index (χ1n) is 8.91. The molecule has 152 valence electrons. The Morgan fingerprint density at radius 3 is 2.69 bits per heavy atom. The average molecular weight is 452 g/mol. The number of anilines is 1. The van der Waals surface area contributed by atoms with Crippen LogP contribution in [-0.4, -0.2) is 23.4 Å². The lowest BCUT2D eigenvalue weighted by Crippen LogP contribution is -2.27. The summed E-state index contributed by atoms with van der Waals surface area (Å²) in [5, 5.41) is -0.0674. The molecule has 0 bridgehead atoms. The molecule has 0 aromatic heterocycles. The Labute approximate surface area is 183 Å². The van der Waals surface area contributed by atoms with Crippen LogP contribution in [0.2, 0.25) is 5.02 Å². The maximum atomic E-state index is 13.4. The van der Waals surface area contributed by atoms with Crippen molar-refractivity contribution in [2.24, 2.45) is 0 Å². The molecule has 1 atom stereocenters. The Hall–Kier alpha value is -2.09. The first-order valence-corrected chi connectivity index (χ1v) is 10.5. The normalized spacial score (nSPS) is 16.4. The number of benzene rings is 2. The van der Waals surface area contributed by atoms with Crippen LogP contribution in [0.3, 0.4) is 0 Å². The molecular formula is C21H19ClFNO3S2. The van der Waals surface area contributed by atoms with E-state index in [4.69, 9.17) is 33.3 Å². The summed E-state index contributed by atoms with van der Waals surface area (Å²) in [7, 11) is 1.57. The van der Waals surface area contributed by atoms with Gasteiger partial charge in [0.15, 0.2) is 15.8 Å². The molecule has 2 aromatic carbocycles. The zero-order valence-electron chi connectivity index (χ0n) is 16.1. The maximum Gasteiger partial charge on any atom is 0.270 e. The van der Waals surface area contributed by atoms with Crippen LogP contribution in [0.4, 0.5) is 10.1 Å². The molecule has 0 radical (unpaired) electrons. The van der Waals surface area contributed by atoms with Crippen molar-refractivity contribution in [3.05, 3.63) is 57.7 Å². The van der Waals surface area contributed by atoms with Crippen molar-refractivity contribution in [3.63, 3.8) is 0 Å². The van der Waals surface area contributed by atoms with Crippen molar-refractivity contribution in [2.75, 3.05) is 12.0 Å². The molecular weight excluding hydrogens is 433 g/mol. The van der Waals surface area contributed by atoms with E-state index < -0.39 is 5.82 Å². The van der Waals surface area contributed by atoms with Crippen LogP contribution in [0.25, 0.3) is 6.08 Å². The number of thioether (sulfide) groups is 1. The summed E-state index contributed by atoms with van der Waals surface area (Å²) in [6.07, 6.45) is 2.68. The summed E-state index contributed by atoms with van der Waals surface area (Å²) in [5.41, 5.74) is 1.20. The third-order valence-corrected chi connectivity index (χ3v) is 5.94. The molecule has 8 heteroatoms. The monoisotopic (exact) mass is 451 g/mol. The highest BCUT2D eigenvalue weighted by Gasteiger charge is 2.33. The highest BCUT2D eigenvalue weighted by Crippen LogP contribution is 2.38. The number of methoxy groups -OCH3 is 1. The van der Waals surface area contributed by atoms with E-state index in [1.165, 1.54) is 34.9 Å². The second kappa shape index (κ2) is 9.15. The SMILES string of the molecule is CCC(C)Oc1ccc(C=C2SC(=S)N(c3ccc(F)c(Cl)c3)C2=O)cc1OC. The summed E-state index contributed by atoms with van der Waals surface area (Å²) < 4.78 is 25.1. The van der Waals surface area contributed by atoms with Gasteiger partial charge in [0.25, 0.3) is 5.91 Å². The van der Waals surface area contributed by atoms with Crippen LogP contribution in [0.15, 0.2) is 41.3 Å². The van der Waals surface area contributed by atoms with Gasteiger partial charge in [-0.25, -0.2) is 4.39 Å². The van der Waals surface area contributed by atoms with Crippen molar-refractivity contribution in [3.8, 4) is 11.5 Å². The van der Waals surface area contributed by atoms with Crippen molar-refractivity contribution in [1.29, 1.82) is 0 Å². The Morgan fingerprint density at radius 2 is 2.03 bits per heavy atom. The molecule has 29 heavy (non-hydrogen) atoms. The molecule has 1 fully saturated rings. The fraction of sp³-hybridized carbons (Fsp3) is 0.238. The first-order chi connectivity index (χ1) is 13.8. The van der Waals surface area contributed by atoms with Gasteiger partial charge in [0, 0.05) is 0 Å². The average Bonchev–Trinajstić information content (AvgIpc) is 2.98. The quantitative estimate of drug-likeness (QED) is 0.393. The number of nitrogens with zero attached hydrogens (tertiary/aromatic N) is 1. The topological polar surface area (TPSA) is 38.8 Å². The minimum atomic E-state index is -0.553. The third-order valence-electron chi connectivity index (χ3n) is 4.34. The third kappa shape index (κ3) is 4.74. The standard InChI is InChI=1S/C21H19ClFNO3S2/c1-4-12(2)27-17-8-5-13(9-18(17)26-3)10-19-20(25)24(21(28)29-19)14-6-7-16(23)15(22)11-14/h5-12H,4H2,1-3H3. The Morgan fingerprint density at radius 1 is 1.28 bits per heavy atom. The van der Waals surface area contributed by atoms with E-state index in [1.807, 2.05) is 26.0 Å². The van der Waals surface area contributed by atoms with Gasteiger partial charge in [-0.2, -0.15) is 0 Å². The van der Waals surface area contributed by atoms with Crippen molar-refractivity contribution in [2.45, 2.75) is 26.4 Å². The smallest absolute Gasteiger partial charge is 0.270 e. The van der Waals surface area contributed by atoms with Crippen LogP contribution < -0.4 is 14.4 Å². The fourth-order valence-electron chi connectivity index (χ4n) is 2.64. The van der Waals surface area contributed by atoms with Gasteiger partial charge in [0.2, 0.25) is 0 Å². The van der Waals surface area contributed by atoms with E-state index in [0.29, 0.717) is 26.4 Å². The molecule has 3 rings (SSSR count). The number of thiocarbonyl (C=S) groups is 1. The van der Waals surface area contributed by atoms with Gasteiger partial charge in [0.1, 0.15) is 5.82 Å². The van der Waals surface area contributed by atoms with Crippen LogP contribution >= 0.6 is 35.6 Å². The molecule has 2 aromatic rings. The number of ether oxygens (including phenoxy) is 2. The van der Waals surface area contributed by atoms with Gasteiger partial charge in [-0.05, 0) is 55.3 Å². The molecule has 0 spiro atoms. The van der Waals surface area contributed by atoms with E-state index in [2.05, 4.69) is 0 Å². The molecule has 1 aliphatic rings. The van der Waals surface area contributed by atoms with Gasteiger partial charge in [-0.1, -0.05) is 48.6 Å². The highest BCUT2D eigenvalue weighted by atomic mass is 35.5. The number of hydrogen-bond donors (Lipinski definition) is 0. The zero-order chi connectivity index (χ0) is 21.1. The Balaban J connectivity index is 1.88. The second-order valence-corrected chi connectivity index (χ2v) is 8.45. The van der Waals surface area contributed by atoms with Crippen LogP contribution in [0, 0.1) is 5.82 Å². The van der Waals surface area contributed by atoms with Crippen LogP contribution in [-0.2, 0) is 4.79 Å². The molecule has 1 unspecified atom stereocenters. The minimum Gasteiger partial charge on any atom is -0.493 e. The van der Waals surface area contributed by atoms with E-state index >= 15 is 0 Å². The Kier molecular flexibility index (Phi) is 6.82. The lowest BCUT2D eigenvalue weighted by molar-refractivity contribution is -0.113. The van der Waals surface area contributed by atoms with E-state index in [1.54, 1.807) is 19.3 Å². The second-order valence-electron chi connectivity index (χ2n) is 6.36. The summed E-state index contributed by atoms with van der Waals surface area (Å²) in [6.45, 7) is 4.03. The Bertz CT molecular complexity index is 996.